The summed E-state index contributed by atoms with van der Waals surface area (Å²) in [6.45, 7) is 0.367. The summed E-state index contributed by atoms with van der Waals surface area (Å²) in [5.74, 6) is 1.16. The molecule has 0 radical (unpaired) electrons. The van der Waals surface area contributed by atoms with Gasteiger partial charge in [-0.05, 0) is 59.7 Å². The van der Waals surface area contributed by atoms with E-state index in [1.54, 1.807) is 48.5 Å². The summed E-state index contributed by atoms with van der Waals surface area (Å²) in [7, 11) is 3.03. The van der Waals surface area contributed by atoms with Crippen LogP contribution in [0.25, 0.3) is 0 Å². The van der Waals surface area contributed by atoms with Gasteiger partial charge in [-0.1, -0.05) is 35.3 Å². The second-order valence-electron chi connectivity index (χ2n) is 6.37. The Morgan fingerprint density at radius 2 is 1.65 bits per heavy atom. The maximum absolute atomic E-state index is 12.3. The molecule has 0 aliphatic heterocycles. The van der Waals surface area contributed by atoms with Crippen LogP contribution in [-0.2, 0) is 6.61 Å². The lowest BCUT2D eigenvalue weighted by Crippen LogP contribution is -2.17. The highest BCUT2D eigenvalue weighted by molar-refractivity contribution is 6.32. The second-order valence-corrected chi connectivity index (χ2v) is 7.22. The van der Waals surface area contributed by atoms with Crippen molar-refractivity contribution in [2.45, 2.75) is 6.61 Å². The normalized spacial score (nSPS) is 10.7. The molecule has 3 rings (SSSR count). The summed E-state index contributed by atoms with van der Waals surface area (Å²) in [5.41, 5.74) is 4.54. The molecule has 0 spiro atoms. The zero-order chi connectivity index (χ0) is 22.2. The summed E-state index contributed by atoms with van der Waals surface area (Å²) in [4.78, 5) is 12.3. The minimum atomic E-state index is -0.383. The molecular weight excluding hydrogens is 439 g/mol. The number of methoxy groups -OCH3 is 2. The fourth-order valence-electron chi connectivity index (χ4n) is 2.66. The van der Waals surface area contributed by atoms with E-state index in [4.69, 9.17) is 37.4 Å². The van der Waals surface area contributed by atoms with Crippen molar-refractivity contribution in [1.29, 1.82) is 0 Å². The number of carbonyl (C=O) groups excluding carboxylic acids is 1. The van der Waals surface area contributed by atoms with E-state index in [9.17, 15) is 4.79 Å². The maximum Gasteiger partial charge on any atom is 0.271 e. The molecule has 3 aromatic rings. The summed E-state index contributed by atoms with van der Waals surface area (Å²) < 4.78 is 16.1. The number of halogens is 2. The van der Waals surface area contributed by atoms with Gasteiger partial charge >= 0.3 is 0 Å². The molecule has 0 fully saturated rings. The van der Waals surface area contributed by atoms with Gasteiger partial charge in [0.2, 0.25) is 0 Å². The van der Waals surface area contributed by atoms with E-state index in [1.165, 1.54) is 20.4 Å². The van der Waals surface area contributed by atoms with Crippen molar-refractivity contribution in [3.63, 3.8) is 0 Å². The van der Waals surface area contributed by atoms with Gasteiger partial charge in [0.1, 0.15) is 12.4 Å². The quantitative estimate of drug-likeness (QED) is 0.364. The monoisotopic (exact) mass is 458 g/mol. The molecule has 0 aliphatic rings. The summed E-state index contributed by atoms with van der Waals surface area (Å²) in [6, 6.07) is 17.5. The first-order valence-electron chi connectivity index (χ1n) is 9.22. The number of benzene rings is 3. The van der Waals surface area contributed by atoms with Crippen LogP contribution in [0.3, 0.4) is 0 Å². The smallest absolute Gasteiger partial charge is 0.271 e. The number of hydrazone groups is 1. The third-order valence-electron chi connectivity index (χ3n) is 4.29. The summed E-state index contributed by atoms with van der Waals surface area (Å²) >= 11 is 12.2. The third kappa shape index (κ3) is 6.13. The van der Waals surface area contributed by atoms with Crippen LogP contribution in [0.5, 0.6) is 17.2 Å². The van der Waals surface area contributed by atoms with E-state index in [-0.39, 0.29) is 5.91 Å². The molecule has 0 aromatic heterocycles. The Balaban J connectivity index is 1.59. The van der Waals surface area contributed by atoms with Crippen LogP contribution in [0, 0.1) is 0 Å². The number of ether oxygens (including phenoxy) is 3. The van der Waals surface area contributed by atoms with Gasteiger partial charge in [-0.3, -0.25) is 4.79 Å². The summed E-state index contributed by atoms with van der Waals surface area (Å²) in [6.07, 6.45) is 1.49. The van der Waals surface area contributed by atoms with Crippen LogP contribution >= 0.6 is 23.2 Å². The van der Waals surface area contributed by atoms with Crippen molar-refractivity contribution in [3.8, 4) is 17.2 Å². The van der Waals surface area contributed by atoms with Gasteiger partial charge in [0.25, 0.3) is 5.91 Å². The predicted octanol–water partition coefficient (Wildman–Crippen LogP) is 5.35. The molecule has 0 saturated heterocycles. The van der Waals surface area contributed by atoms with Crippen molar-refractivity contribution in [3.05, 3.63) is 87.4 Å². The maximum atomic E-state index is 12.3. The van der Waals surface area contributed by atoms with Crippen LogP contribution < -0.4 is 19.6 Å². The van der Waals surface area contributed by atoms with Crippen LogP contribution in [0.1, 0.15) is 21.5 Å². The van der Waals surface area contributed by atoms with E-state index >= 15 is 0 Å². The van der Waals surface area contributed by atoms with Gasteiger partial charge < -0.3 is 14.2 Å². The van der Waals surface area contributed by atoms with Crippen molar-refractivity contribution in [1.82, 2.24) is 5.43 Å². The number of nitrogens with zero attached hydrogens (tertiary/aromatic N) is 1. The SMILES string of the molecule is COc1ccc(C(=O)N/N=C/c2ccc(OCc3ccc(Cl)cc3)c(Cl)c2)cc1OC. The van der Waals surface area contributed by atoms with Crippen molar-refractivity contribution < 1.29 is 19.0 Å². The highest BCUT2D eigenvalue weighted by Gasteiger charge is 2.10. The zero-order valence-corrected chi connectivity index (χ0v) is 18.4. The second kappa shape index (κ2) is 10.7. The largest absolute Gasteiger partial charge is 0.493 e. The molecule has 0 saturated carbocycles. The first-order valence-corrected chi connectivity index (χ1v) is 9.98. The van der Waals surface area contributed by atoms with Crippen LogP contribution in [0.4, 0.5) is 0 Å². The Morgan fingerprint density at radius 3 is 2.32 bits per heavy atom. The Bertz CT molecular complexity index is 1090. The first kappa shape index (κ1) is 22.5. The minimum Gasteiger partial charge on any atom is -0.493 e. The molecule has 0 atom stereocenters. The van der Waals surface area contributed by atoms with Crippen molar-refractivity contribution in [2.24, 2.45) is 5.10 Å². The summed E-state index contributed by atoms with van der Waals surface area (Å²) in [5, 5.41) is 5.08. The van der Waals surface area contributed by atoms with Crippen molar-refractivity contribution >= 4 is 35.3 Å². The zero-order valence-electron chi connectivity index (χ0n) is 16.9. The Labute approximate surface area is 190 Å². The Morgan fingerprint density at radius 1 is 0.935 bits per heavy atom. The fraction of sp³-hybridized carbons (Fsp3) is 0.130. The number of carbonyl (C=O) groups is 1. The Hall–Kier alpha value is -3.22. The topological polar surface area (TPSA) is 69.2 Å². The van der Waals surface area contributed by atoms with E-state index in [0.717, 1.165) is 5.56 Å². The highest BCUT2D eigenvalue weighted by atomic mass is 35.5. The molecule has 0 aliphatic carbocycles. The number of hydrogen-bond acceptors (Lipinski definition) is 5. The lowest BCUT2D eigenvalue weighted by atomic mass is 10.2. The molecule has 0 bridgehead atoms. The molecule has 3 aromatic carbocycles. The van der Waals surface area contributed by atoms with Gasteiger partial charge in [-0.15, -0.1) is 0 Å². The lowest BCUT2D eigenvalue weighted by molar-refractivity contribution is 0.0954. The van der Waals surface area contributed by atoms with E-state index in [1.807, 2.05) is 12.1 Å². The van der Waals surface area contributed by atoms with Crippen LogP contribution in [-0.4, -0.2) is 26.3 Å². The van der Waals surface area contributed by atoms with Gasteiger partial charge in [-0.2, -0.15) is 5.10 Å². The number of nitrogens with one attached hydrogen (secondary N) is 1. The standard InChI is InChI=1S/C23H20Cl2N2O4/c1-29-21-10-6-17(12-22(21)30-2)23(28)27-26-13-16-5-9-20(19(25)11-16)31-14-15-3-7-18(24)8-4-15/h3-13H,14H2,1-2H3,(H,27,28)/b26-13+. The van der Waals surface area contributed by atoms with Gasteiger partial charge in [0, 0.05) is 10.6 Å². The highest BCUT2D eigenvalue weighted by Crippen LogP contribution is 2.28. The van der Waals surface area contributed by atoms with Crippen LogP contribution in [0.15, 0.2) is 65.8 Å². The molecule has 1 amide bonds. The van der Waals surface area contributed by atoms with Gasteiger partial charge in [0.15, 0.2) is 11.5 Å². The number of rotatable bonds is 8. The molecule has 6 nitrogen and oxygen atoms in total. The first-order chi connectivity index (χ1) is 15.0. The average Bonchev–Trinajstić information content (AvgIpc) is 2.79. The molecule has 0 unspecified atom stereocenters. The lowest BCUT2D eigenvalue weighted by Gasteiger charge is -2.09. The molecule has 31 heavy (non-hydrogen) atoms. The minimum absolute atomic E-state index is 0.367. The average molecular weight is 459 g/mol. The van der Waals surface area contributed by atoms with Gasteiger partial charge in [-0.25, -0.2) is 5.43 Å². The molecular formula is C23H20Cl2N2O4. The van der Waals surface area contributed by atoms with Gasteiger partial charge in [0.05, 0.1) is 25.5 Å². The number of amides is 1. The Kier molecular flexibility index (Phi) is 7.76. The van der Waals surface area contributed by atoms with Crippen LogP contribution in [0.2, 0.25) is 10.0 Å². The van der Waals surface area contributed by atoms with E-state index < -0.39 is 0 Å². The van der Waals surface area contributed by atoms with Crippen molar-refractivity contribution in [2.75, 3.05) is 14.2 Å². The fourth-order valence-corrected chi connectivity index (χ4v) is 3.03. The molecule has 160 valence electrons. The number of hydrogen-bond donors (Lipinski definition) is 1. The predicted molar refractivity (Wildman–Crippen MR) is 122 cm³/mol. The van der Waals surface area contributed by atoms with E-state index in [0.29, 0.717) is 45.0 Å². The molecule has 1 N–H and O–H groups in total. The van der Waals surface area contributed by atoms with E-state index in [2.05, 4.69) is 10.5 Å². The third-order valence-corrected chi connectivity index (χ3v) is 4.84. The molecule has 8 heteroatoms. The molecule has 0 heterocycles.